The number of carboxylic acids is 2. The maximum atomic E-state index is 10.8. The quantitative estimate of drug-likeness (QED) is 0.581. The van der Waals surface area contributed by atoms with Crippen molar-refractivity contribution < 1.29 is 24.6 Å². The molecule has 1 atom stereocenters. The first-order valence-electron chi connectivity index (χ1n) is 5.83. The fourth-order valence-corrected chi connectivity index (χ4v) is 2.69. The molecule has 1 aromatic rings. The molecule has 20 heavy (non-hydrogen) atoms. The first-order chi connectivity index (χ1) is 9.54. The molecule has 0 saturated carbocycles. The third kappa shape index (κ3) is 5.31. The van der Waals surface area contributed by atoms with Gasteiger partial charge in [0.05, 0.1) is 6.42 Å². The molecule has 0 spiro atoms. The molecule has 0 fully saturated rings. The lowest BCUT2D eigenvalue weighted by atomic mass is 10.1. The van der Waals surface area contributed by atoms with Crippen LogP contribution in [0.15, 0.2) is 24.3 Å². The molecule has 0 aliphatic rings. The minimum Gasteiger partial charge on any atom is -0.481 e. The number of rotatable bonds is 9. The Morgan fingerprint density at radius 1 is 1.25 bits per heavy atom. The molecule has 1 rings (SSSR count). The van der Waals surface area contributed by atoms with Gasteiger partial charge in [-0.1, -0.05) is 24.3 Å². The van der Waals surface area contributed by atoms with Gasteiger partial charge in [-0.2, -0.15) is 11.8 Å². The van der Waals surface area contributed by atoms with Gasteiger partial charge in [0.2, 0.25) is 6.41 Å². The van der Waals surface area contributed by atoms with Gasteiger partial charge in [-0.05, 0) is 11.1 Å². The van der Waals surface area contributed by atoms with Gasteiger partial charge < -0.3 is 15.5 Å². The highest BCUT2D eigenvalue weighted by atomic mass is 32.2. The number of carboxylic acid groups (broad SMARTS) is 2. The van der Waals surface area contributed by atoms with E-state index in [1.54, 1.807) is 18.2 Å². The minimum atomic E-state index is -1.09. The number of hydrogen-bond donors (Lipinski definition) is 3. The number of amides is 1. The van der Waals surface area contributed by atoms with Gasteiger partial charge in [0.15, 0.2) is 0 Å². The summed E-state index contributed by atoms with van der Waals surface area (Å²) in [5.41, 5.74) is 1.57. The second-order valence-corrected chi connectivity index (χ2v) is 5.06. The maximum Gasteiger partial charge on any atom is 0.327 e. The maximum absolute atomic E-state index is 10.8. The van der Waals surface area contributed by atoms with E-state index in [1.165, 1.54) is 11.8 Å². The Hall–Kier alpha value is -2.02. The van der Waals surface area contributed by atoms with Gasteiger partial charge in [-0.25, -0.2) is 4.79 Å². The minimum absolute atomic E-state index is 0.0638. The molecule has 6 nitrogen and oxygen atoms in total. The Labute approximate surface area is 120 Å². The van der Waals surface area contributed by atoms with Gasteiger partial charge in [0.25, 0.3) is 0 Å². The standard InChI is InChI=1S/C13H15NO5S/c15-8-14-11(13(18)19)7-20-6-10-4-2-1-3-9(10)5-12(16)17/h1-4,8,11H,5-7H2,(H,14,15)(H,16,17)(H,18,19). The molecule has 108 valence electrons. The monoisotopic (exact) mass is 297 g/mol. The molecule has 1 unspecified atom stereocenters. The molecule has 0 aromatic heterocycles. The van der Waals surface area contributed by atoms with Crippen LogP contribution in [0.5, 0.6) is 0 Å². The Bertz CT molecular complexity index is 491. The molecule has 0 aliphatic carbocycles. The zero-order chi connectivity index (χ0) is 15.0. The average molecular weight is 297 g/mol. The molecule has 1 aromatic carbocycles. The molecular formula is C13H15NO5S. The van der Waals surface area contributed by atoms with Crippen molar-refractivity contribution in [3.05, 3.63) is 35.4 Å². The first-order valence-corrected chi connectivity index (χ1v) is 6.99. The predicted molar refractivity (Wildman–Crippen MR) is 74.6 cm³/mol. The zero-order valence-corrected chi connectivity index (χ0v) is 11.4. The molecule has 1 amide bonds. The van der Waals surface area contributed by atoms with Crippen molar-refractivity contribution in [3.63, 3.8) is 0 Å². The summed E-state index contributed by atoms with van der Waals surface area (Å²) in [7, 11) is 0. The van der Waals surface area contributed by atoms with Gasteiger partial charge in [0, 0.05) is 11.5 Å². The Kier molecular flexibility index (Phi) is 6.58. The van der Waals surface area contributed by atoms with E-state index in [0.717, 1.165) is 5.56 Å². The molecule has 0 aliphatic heterocycles. The molecule has 3 N–H and O–H groups in total. The fraction of sp³-hybridized carbons (Fsp3) is 0.308. The molecular weight excluding hydrogens is 282 g/mol. The lowest BCUT2D eigenvalue weighted by Crippen LogP contribution is -2.37. The van der Waals surface area contributed by atoms with Crippen LogP contribution in [0.4, 0.5) is 0 Å². The van der Waals surface area contributed by atoms with E-state index in [-0.39, 0.29) is 12.2 Å². The number of thioether (sulfide) groups is 1. The summed E-state index contributed by atoms with van der Waals surface area (Å²) in [5, 5.41) is 19.9. The third-order valence-electron chi connectivity index (χ3n) is 2.57. The van der Waals surface area contributed by atoms with Gasteiger partial charge in [-0.15, -0.1) is 0 Å². The summed E-state index contributed by atoms with van der Waals surface area (Å²) in [6.45, 7) is 0. The van der Waals surface area contributed by atoms with E-state index >= 15 is 0 Å². The highest BCUT2D eigenvalue weighted by Crippen LogP contribution is 2.18. The molecule has 0 bridgehead atoms. The molecule has 7 heteroatoms. The fourth-order valence-electron chi connectivity index (χ4n) is 1.59. The number of nitrogens with one attached hydrogen (secondary N) is 1. The predicted octanol–water partition coefficient (Wildman–Crippen LogP) is 0.746. The number of benzene rings is 1. The SMILES string of the molecule is O=CNC(CSCc1ccccc1CC(=O)O)C(=O)O. The van der Waals surface area contributed by atoms with E-state index < -0.39 is 18.0 Å². The van der Waals surface area contributed by atoms with Crippen LogP contribution in [-0.2, 0) is 26.6 Å². The van der Waals surface area contributed by atoms with Gasteiger partial charge in [0.1, 0.15) is 6.04 Å². The van der Waals surface area contributed by atoms with Crippen LogP contribution in [0, 0.1) is 0 Å². The molecule has 0 heterocycles. The smallest absolute Gasteiger partial charge is 0.327 e. The van der Waals surface area contributed by atoms with Crippen molar-refractivity contribution in [2.24, 2.45) is 0 Å². The summed E-state index contributed by atoms with van der Waals surface area (Å²) < 4.78 is 0. The van der Waals surface area contributed by atoms with E-state index in [0.29, 0.717) is 17.7 Å². The first kappa shape index (κ1) is 16.0. The van der Waals surface area contributed by atoms with Crippen LogP contribution in [0.3, 0.4) is 0 Å². The summed E-state index contributed by atoms with van der Waals surface area (Å²) >= 11 is 1.33. The lowest BCUT2D eigenvalue weighted by Gasteiger charge is -2.12. The summed E-state index contributed by atoms with van der Waals surface area (Å²) in [6.07, 6.45) is 0.295. The van der Waals surface area contributed by atoms with Crippen LogP contribution < -0.4 is 5.32 Å². The summed E-state index contributed by atoms with van der Waals surface area (Å²) in [4.78, 5) is 31.9. The zero-order valence-electron chi connectivity index (χ0n) is 10.6. The van der Waals surface area contributed by atoms with Crippen LogP contribution in [-0.4, -0.2) is 40.4 Å². The Morgan fingerprint density at radius 3 is 2.45 bits per heavy atom. The van der Waals surface area contributed by atoms with E-state index in [4.69, 9.17) is 10.2 Å². The van der Waals surface area contributed by atoms with Crippen molar-refractivity contribution in [3.8, 4) is 0 Å². The number of aliphatic carboxylic acids is 2. The topological polar surface area (TPSA) is 104 Å². The second kappa shape index (κ2) is 8.21. The van der Waals surface area contributed by atoms with Gasteiger partial charge in [-0.3, -0.25) is 9.59 Å². The van der Waals surface area contributed by atoms with E-state index in [2.05, 4.69) is 5.32 Å². The van der Waals surface area contributed by atoms with Crippen LogP contribution >= 0.6 is 11.8 Å². The van der Waals surface area contributed by atoms with E-state index in [9.17, 15) is 14.4 Å². The highest BCUT2D eigenvalue weighted by Gasteiger charge is 2.16. The van der Waals surface area contributed by atoms with Crippen molar-refractivity contribution in [2.45, 2.75) is 18.2 Å². The Balaban J connectivity index is 2.58. The average Bonchev–Trinajstić information content (AvgIpc) is 2.38. The third-order valence-corrected chi connectivity index (χ3v) is 3.65. The van der Waals surface area contributed by atoms with Gasteiger partial charge >= 0.3 is 11.9 Å². The van der Waals surface area contributed by atoms with Crippen LogP contribution in [0.25, 0.3) is 0 Å². The Morgan fingerprint density at radius 2 is 1.90 bits per heavy atom. The lowest BCUT2D eigenvalue weighted by molar-refractivity contribution is -0.140. The van der Waals surface area contributed by atoms with Crippen LogP contribution in [0.2, 0.25) is 0 Å². The molecule has 0 radical (unpaired) electrons. The summed E-state index contributed by atoms with van der Waals surface area (Å²) in [6, 6.07) is 6.18. The van der Waals surface area contributed by atoms with E-state index in [1.807, 2.05) is 6.07 Å². The number of carbonyl (C=O) groups excluding carboxylic acids is 1. The number of carbonyl (C=O) groups is 3. The normalized spacial score (nSPS) is 11.6. The second-order valence-electron chi connectivity index (χ2n) is 4.03. The highest BCUT2D eigenvalue weighted by molar-refractivity contribution is 7.98. The van der Waals surface area contributed by atoms with Crippen molar-refractivity contribution in [1.82, 2.24) is 5.32 Å². The van der Waals surface area contributed by atoms with Crippen molar-refractivity contribution >= 4 is 30.1 Å². The number of hydrogen-bond acceptors (Lipinski definition) is 4. The largest absolute Gasteiger partial charge is 0.481 e. The van der Waals surface area contributed by atoms with Crippen molar-refractivity contribution in [1.29, 1.82) is 0 Å². The molecule has 0 saturated heterocycles. The van der Waals surface area contributed by atoms with Crippen LogP contribution in [0.1, 0.15) is 11.1 Å². The summed E-state index contributed by atoms with van der Waals surface area (Å²) in [5.74, 6) is -1.29. The van der Waals surface area contributed by atoms with Crippen molar-refractivity contribution in [2.75, 3.05) is 5.75 Å².